The van der Waals surface area contributed by atoms with Gasteiger partial charge in [0.05, 0.1) is 5.75 Å². The number of halogens is 1. The van der Waals surface area contributed by atoms with Gasteiger partial charge in [-0.15, -0.1) is 10.2 Å². The number of aromatic nitrogens is 3. The lowest BCUT2D eigenvalue weighted by atomic mass is 10.1. The molecule has 0 saturated carbocycles. The van der Waals surface area contributed by atoms with E-state index in [9.17, 15) is 9.59 Å². The molecule has 0 aliphatic rings. The molecule has 3 aromatic rings. The smallest absolute Gasteiger partial charge is 0.257 e. The Labute approximate surface area is 196 Å². The molecule has 0 atom stereocenters. The van der Waals surface area contributed by atoms with Crippen molar-refractivity contribution in [3.8, 4) is 5.75 Å². The van der Waals surface area contributed by atoms with Crippen LogP contribution < -0.4 is 10.1 Å². The summed E-state index contributed by atoms with van der Waals surface area (Å²) in [6.45, 7) is 5.28. The summed E-state index contributed by atoms with van der Waals surface area (Å²) in [6, 6.07) is 15.8. The number of imide groups is 1. The number of ether oxygens (including phenoxy) is 1. The molecule has 0 bridgehead atoms. The molecule has 1 heterocycles. The number of carbonyl (C=O) groups excluding carboxylic acids is 2. The van der Waals surface area contributed by atoms with Crippen molar-refractivity contribution in [2.24, 2.45) is 5.92 Å². The molecule has 0 fully saturated rings. The van der Waals surface area contributed by atoms with E-state index in [1.807, 2.05) is 34.9 Å². The number of carbonyl (C=O) groups is 2. The first kappa shape index (κ1) is 23.8. The standard InChI is InChI=1S/C23H25ClN4O3S/c1-16(2)12-13-28-20(14-31-19-6-4-3-5-7-19)26-27-23(28)32-15-21(29)25-22(30)17-8-10-18(24)11-9-17/h3-11,16H,12-15H2,1-2H3,(H,25,29,30). The number of thioether (sulfide) groups is 1. The van der Waals surface area contributed by atoms with E-state index in [4.69, 9.17) is 16.3 Å². The topological polar surface area (TPSA) is 86.1 Å². The van der Waals surface area contributed by atoms with Crippen LogP contribution >= 0.6 is 23.4 Å². The molecule has 2 amide bonds. The fourth-order valence-corrected chi connectivity index (χ4v) is 3.68. The van der Waals surface area contributed by atoms with Crippen molar-refractivity contribution in [2.75, 3.05) is 5.75 Å². The predicted octanol–water partition coefficient (Wildman–Crippen LogP) is 4.61. The molecule has 168 valence electrons. The van der Waals surface area contributed by atoms with Crippen LogP contribution in [0, 0.1) is 5.92 Å². The van der Waals surface area contributed by atoms with Crippen molar-refractivity contribution in [2.45, 2.75) is 38.6 Å². The van der Waals surface area contributed by atoms with E-state index in [-0.39, 0.29) is 12.4 Å². The summed E-state index contributed by atoms with van der Waals surface area (Å²) < 4.78 is 7.80. The highest BCUT2D eigenvalue weighted by molar-refractivity contribution is 7.99. The lowest BCUT2D eigenvalue weighted by molar-refractivity contribution is -0.117. The minimum Gasteiger partial charge on any atom is -0.486 e. The number of para-hydroxylation sites is 1. The quantitative estimate of drug-likeness (QED) is 0.434. The van der Waals surface area contributed by atoms with Gasteiger partial charge in [0.1, 0.15) is 12.4 Å². The third kappa shape index (κ3) is 7.10. The fourth-order valence-electron chi connectivity index (χ4n) is 2.78. The molecular weight excluding hydrogens is 448 g/mol. The molecule has 0 aliphatic carbocycles. The second-order valence-corrected chi connectivity index (χ2v) is 8.89. The molecule has 0 unspecified atom stereocenters. The van der Waals surface area contributed by atoms with Gasteiger partial charge in [-0.2, -0.15) is 0 Å². The van der Waals surface area contributed by atoms with Crippen LogP contribution in [0.2, 0.25) is 5.02 Å². The average Bonchev–Trinajstić information content (AvgIpc) is 3.17. The molecule has 1 N–H and O–H groups in total. The molecule has 2 aromatic carbocycles. The van der Waals surface area contributed by atoms with Gasteiger partial charge in [-0.1, -0.05) is 55.4 Å². The second kappa shape index (κ2) is 11.7. The number of nitrogens with one attached hydrogen (secondary N) is 1. The minimum absolute atomic E-state index is 0.0404. The fraction of sp³-hybridized carbons (Fsp3) is 0.304. The second-order valence-electron chi connectivity index (χ2n) is 7.51. The van der Waals surface area contributed by atoms with E-state index >= 15 is 0 Å². The van der Waals surface area contributed by atoms with Gasteiger partial charge in [-0.25, -0.2) is 0 Å². The highest BCUT2D eigenvalue weighted by Crippen LogP contribution is 2.20. The van der Waals surface area contributed by atoms with Crippen LogP contribution in [0.3, 0.4) is 0 Å². The van der Waals surface area contributed by atoms with Crippen molar-refractivity contribution < 1.29 is 14.3 Å². The number of benzene rings is 2. The Morgan fingerprint density at radius 3 is 2.50 bits per heavy atom. The van der Waals surface area contributed by atoms with Gasteiger partial charge in [0.2, 0.25) is 5.91 Å². The molecule has 9 heteroatoms. The van der Waals surface area contributed by atoms with Crippen LogP contribution in [0.4, 0.5) is 0 Å². The molecule has 0 aliphatic heterocycles. The lowest BCUT2D eigenvalue weighted by Gasteiger charge is -2.12. The van der Waals surface area contributed by atoms with Crippen molar-refractivity contribution in [3.05, 3.63) is 71.0 Å². The van der Waals surface area contributed by atoms with Crippen LogP contribution in [0.15, 0.2) is 59.8 Å². The van der Waals surface area contributed by atoms with Gasteiger partial charge in [-0.05, 0) is 48.7 Å². The van der Waals surface area contributed by atoms with Crippen molar-refractivity contribution in [1.29, 1.82) is 0 Å². The predicted molar refractivity (Wildman–Crippen MR) is 125 cm³/mol. The third-order valence-corrected chi connectivity index (χ3v) is 5.75. The minimum atomic E-state index is -0.467. The van der Waals surface area contributed by atoms with Crippen LogP contribution in [0.1, 0.15) is 36.5 Å². The number of hydrogen-bond acceptors (Lipinski definition) is 6. The Morgan fingerprint density at radius 2 is 1.81 bits per heavy atom. The Bertz CT molecular complexity index is 1040. The van der Waals surface area contributed by atoms with Crippen molar-refractivity contribution in [3.63, 3.8) is 0 Å². The Hall–Kier alpha value is -2.84. The van der Waals surface area contributed by atoms with Gasteiger partial charge < -0.3 is 9.30 Å². The van der Waals surface area contributed by atoms with Crippen LogP contribution in [0.5, 0.6) is 5.75 Å². The van der Waals surface area contributed by atoms with Crippen LogP contribution in [-0.2, 0) is 17.9 Å². The first-order chi connectivity index (χ1) is 15.4. The molecule has 0 radical (unpaired) electrons. The van der Waals surface area contributed by atoms with E-state index in [0.29, 0.717) is 34.0 Å². The van der Waals surface area contributed by atoms with Crippen LogP contribution in [0.25, 0.3) is 0 Å². The SMILES string of the molecule is CC(C)CCn1c(COc2ccccc2)nnc1SCC(=O)NC(=O)c1ccc(Cl)cc1. The van der Waals surface area contributed by atoms with Gasteiger partial charge in [0, 0.05) is 17.1 Å². The maximum absolute atomic E-state index is 12.3. The summed E-state index contributed by atoms with van der Waals surface area (Å²) in [7, 11) is 0. The Morgan fingerprint density at radius 1 is 1.09 bits per heavy atom. The first-order valence-corrected chi connectivity index (χ1v) is 11.6. The summed E-state index contributed by atoms with van der Waals surface area (Å²) in [4.78, 5) is 24.5. The largest absolute Gasteiger partial charge is 0.486 e. The average molecular weight is 473 g/mol. The number of rotatable bonds is 10. The Kier molecular flexibility index (Phi) is 8.70. The van der Waals surface area contributed by atoms with Gasteiger partial charge in [-0.3, -0.25) is 14.9 Å². The van der Waals surface area contributed by atoms with E-state index in [1.165, 1.54) is 11.8 Å². The van der Waals surface area contributed by atoms with Gasteiger partial charge in [0.15, 0.2) is 11.0 Å². The molecule has 7 nitrogen and oxygen atoms in total. The summed E-state index contributed by atoms with van der Waals surface area (Å²) in [5.74, 6) is 1.10. The number of amides is 2. The monoisotopic (exact) mass is 472 g/mol. The first-order valence-electron chi connectivity index (χ1n) is 10.2. The van der Waals surface area contributed by atoms with E-state index in [0.717, 1.165) is 12.2 Å². The normalized spacial score (nSPS) is 10.9. The van der Waals surface area contributed by atoms with Crippen LogP contribution in [-0.4, -0.2) is 32.3 Å². The van der Waals surface area contributed by atoms with Crippen molar-refractivity contribution in [1.82, 2.24) is 20.1 Å². The maximum atomic E-state index is 12.3. The lowest BCUT2D eigenvalue weighted by Crippen LogP contribution is -2.31. The summed E-state index contributed by atoms with van der Waals surface area (Å²) in [6.07, 6.45) is 0.936. The molecule has 3 rings (SSSR count). The van der Waals surface area contributed by atoms with E-state index in [2.05, 4.69) is 29.4 Å². The zero-order valence-electron chi connectivity index (χ0n) is 18.0. The zero-order valence-corrected chi connectivity index (χ0v) is 19.5. The third-order valence-electron chi connectivity index (χ3n) is 4.53. The van der Waals surface area contributed by atoms with E-state index in [1.54, 1.807) is 24.3 Å². The summed E-state index contributed by atoms with van der Waals surface area (Å²) in [5, 5.41) is 12.0. The maximum Gasteiger partial charge on any atom is 0.257 e. The number of hydrogen-bond donors (Lipinski definition) is 1. The zero-order chi connectivity index (χ0) is 22.9. The van der Waals surface area contributed by atoms with Gasteiger partial charge in [0.25, 0.3) is 5.91 Å². The molecule has 1 aromatic heterocycles. The highest BCUT2D eigenvalue weighted by Gasteiger charge is 2.17. The van der Waals surface area contributed by atoms with Crippen molar-refractivity contribution >= 4 is 35.2 Å². The number of nitrogens with zero attached hydrogens (tertiary/aromatic N) is 3. The molecule has 32 heavy (non-hydrogen) atoms. The molecule has 0 spiro atoms. The molecular formula is C23H25ClN4O3S. The molecule has 0 saturated heterocycles. The Balaban J connectivity index is 1.61. The van der Waals surface area contributed by atoms with Gasteiger partial charge >= 0.3 is 0 Å². The summed E-state index contributed by atoms with van der Waals surface area (Å²) >= 11 is 7.07. The van der Waals surface area contributed by atoms with E-state index < -0.39 is 11.8 Å². The summed E-state index contributed by atoms with van der Waals surface area (Å²) in [5.41, 5.74) is 0.369. The highest BCUT2D eigenvalue weighted by atomic mass is 35.5.